The molecule has 21 nitrogen and oxygen atoms in total. The summed E-state index contributed by atoms with van der Waals surface area (Å²) in [5.41, 5.74) is 18.4. The Hall–Kier alpha value is -6.71. The number of aromatic nitrogens is 4. The Morgan fingerprint density at radius 3 is 1.09 bits per heavy atom. The van der Waals surface area contributed by atoms with Crippen molar-refractivity contribution in [3.05, 3.63) is 71.8 Å². The zero-order chi connectivity index (χ0) is 39.7. The SMILES string of the molecule is Cn1cc(NC(=O)c2cc(NC(=O)CN)cn2C)cc1C(=O)NCC(CNC(=O)c1cc(NC(=O)c2cc(NC(=O)CN)cn2C)cn1C)NC(=O)CN. The van der Waals surface area contributed by atoms with Gasteiger partial charge in [0.15, 0.2) is 0 Å². The minimum Gasteiger partial charge on any atom is -0.349 e. The van der Waals surface area contributed by atoms with Gasteiger partial charge in [0.1, 0.15) is 22.8 Å². The Bertz CT molecular complexity index is 1930. The minimum absolute atomic E-state index is 0.1000. The molecular formula is C33H44N14O7. The molecular weight excluding hydrogens is 704 g/mol. The number of carbonyl (C=O) groups is 7. The predicted molar refractivity (Wildman–Crippen MR) is 199 cm³/mol. The summed E-state index contributed by atoms with van der Waals surface area (Å²) in [7, 11) is 6.48. The number of nitrogens with one attached hydrogen (secondary N) is 7. The molecule has 4 rings (SSSR count). The van der Waals surface area contributed by atoms with Crippen LogP contribution >= 0.6 is 0 Å². The van der Waals surface area contributed by atoms with Gasteiger partial charge < -0.3 is 72.7 Å². The van der Waals surface area contributed by atoms with Crippen molar-refractivity contribution >= 4 is 64.1 Å². The Morgan fingerprint density at radius 1 is 0.481 bits per heavy atom. The highest BCUT2D eigenvalue weighted by molar-refractivity contribution is 6.06. The van der Waals surface area contributed by atoms with Crippen molar-refractivity contribution in [2.45, 2.75) is 6.04 Å². The van der Waals surface area contributed by atoms with Crippen LogP contribution in [0.3, 0.4) is 0 Å². The Labute approximate surface area is 308 Å². The second kappa shape index (κ2) is 17.7. The largest absolute Gasteiger partial charge is 0.349 e. The first-order valence-electron chi connectivity index (χ1n) is 16.5. The molecule has 0 bridgehead atoms. The molecule has 0 fully saturated rings. The van der Waals surface area contributed by atoms with Crippen LogP contribution in [0.25, 0.3) is 0 Å². The van der Waals surface area contributed by atoms with Crippen LogP contribution in [0, 0.1) is 0 Å². The van der Waals surface area contributed by atoms with E-state index < -0.39 is 47.4 Å². The summed E-state index contributed by atoms with van der Waals surface area (Å²) in [5, 5.41) is 18.7. The maximum atomic E-state index is 13.2. The molecule has 7 amide bonds. The number of anilines is 4. The van der Waals surface area contributed by atoms with Gasteiger partial charge in [-0.25, -0.2) is 0 Å². The number of rotatable bonds is 16. The highest BCUT2D eigenvalue weighted by atomic mass is 16.2. The molecule has 0 aliphatic rings. The lowest BCUT2D eigenvalue weighted by Crippen LogP contribution is -2.51. The number of carbonyl (C=O) groups excluding carboxylic acids is 7. The van der Waals surface area contributed by atoms with Gasteiger partial charge in [-0.1, -0.05) is 0 Å². The van der Waals surface area contributed by atoms with Crippen LogP contribution in [0.5, 0.6) is 0 Å². The third-order valence-corrected chi connectivity index (χ3v) is 7.97. The molecule has 0 aromatic carbocycles. The number of aryl methyl sites for hydroxylation is 4. The Morgan fingerprint density at radius 2 is 0.778 bits per heavy atom. The standard InChI is InChI=1S/C33H44N14O7/c1-44-16-20(42-32(53)25-5-18(14-46(25)3)39-27(48)9-34)7-23(44)30(51)37-12-22(41-29(50)11-36)13-38-31(52)24-8-21(17-45(24)2)43-33(54)26-6-19(15-47(26)4)40-28(49)10-35/h5-8,14-17,22H,9-13,34-36H2,1-4H3,(H,37,51)(H,38,52)(H,39,48)(H,40,49)(H,41,50)(H,42,53)(H,43,54). The summed E-state index contributed by atoms with van der Waals surface area (Å²) in [6.45, 7) is -0.954. The van der Waals surface area contributed by atoms with Gasteiger partial charge in [0.2, 0.25) is 17.7 Å². The molecule has 0 saturated heterocycles. The molecule has 0 spiro atoms. The van der Waals surface area contributed by atoms with Crippen molar-refractivity contribution in [3.8, 4) is 0 Å². The van der Waals surface area contributed by atoms with Gasteiger partial charge in [-0.15, -0.1) is 0 Å². The lowest BCUT2D eigenvalue weighted by molar-refractivity contribution is -0.120. The molecule has 0 aliphatic heterocycles. The summed E-state index contributed by atoms with van der Waals surface area (Å²) in [6.07, 6.45) is 6.20. The fourth-order valence-corrected chi connectivity index (χ4v) is 5.32. The lowest BCUT2D eigenvalue weighted by atomic mass is 10.2. The molecule has 0 radical (unpaired) electrons. The fourth-order valence-electron chi connectivity index (χ4n) is 5.32. The summed E-state index contributed by atoms with van der Waals surface area (Å²) >= 11 is 0. The third kappa shape index (κ3) is 10.2. The molecule has 0 aliphatic carbocycles. The van der Waals surface area contributed by atoms with Gasteiger partial charge >= 0.3 is 0 Å². The van der Waals surface area contributed by atoms with Crippen LogP contribution < -0.4 is 54.4 Å². The first-order valence-corrected chi connectivity index (χ1v) is 16.5. The summed E-state index contributed by atoms with van der Waals surface area (Å²) in [4.78, 5) is 87.7. The van der Waals surface area contributed by atoms with Gasteiger partial charge in [-0.05, 0) is 24.3 Å². The highest BCUT2D eigenvalue weighted by Gasteiger charge is 2.21. The lowest BCUT2D eigenvalue weighted by Gasteiger charge is -2.20. The van der Waals surface area contributed by atoms with E-state index in [1.54, 1.807) is 40.6 Å². The van der Waals surface area contributed by atoms with E-state index in [0.717, 1.165) is 0 Å². The first-order chi connectivity index (χ1) is 25.6. The van der Waals surface area contributed by atoms with Gasteiger partial charge in [0.25, 0.3) is 23.6 Å². The van der Waals surface area contributed by atoms with Crippen LogP contribution in [0.4, 0.5) is 22.7 Å². The number of hydrogen-bond donors (Lipinski definition) is 10. The van der Waals surface area contributed by atoms with Gasteiger partial charge in [0.05, 0.1) is 48.4 Å². The van der Waals surface area contributed by atoms with E-state index in [9.17, 15) is 33.6 Å². The second-order valence-corrected chi connectivity index (χ2v) is 12.2. The normalized spacial score (nSPS) is 10.8. The second-order valence-electron chi connectivity index (χ2n) is 12.2. The third-order valence-electron chi connectivity index (χ3n) is 7.97. The quantitative estimate of drug-likeness (QED) is 0.0598. The maximum absolute atomic E-state index is 13.2. The zero-order valence-corrected chi connectivity index (χ0v) is 30.1. The molecule has 54 heavy (non-hydrogen) atoms. The Kier molecular flexibility index (Phi) is 13.1. The van der Waals surface area contributed by atoms with E-state index in [1.807, 2.05) is 0 Å². The van der Waals surface area contributed by atoms with Crippen LogP contribution in [0.15, 0.2) is 49.1 Å². The average molecular weight is 749 g/mol. The first kappa shape index (κ1) is 40.1. The van der Waals surface area contributed by atoms with Crippen LogP contribution in [0.2, 0.25) is 0 Å². The molecule has 4 aromatic rings. The molecule has 288 valence electrons. The van der Waals surface area contributed by atoms with E-state index in [2.05, 4.69) is 37.2 Å². The van der Waals surface area contributed by atoms with Crippen LogP contribution in [-0.4, -0.2) is 98.4 Å². The van der Waals surface area contributed by atoms with Gasteiger partial charge in [-0.2, -0.15) is 0 Å². The van der Waals surface area contributed by atoms with Crippen molar-refractivity contribution in [3.63, 3.8) is 0 Å². The van der Waals surface area contributed by atoms with Gasteiger partial charge in [0, 0.05) is 66.1 Å². The topological polar surface area (TPSA) is 301 Å². The van der Waals surface area contributed by atoms with Crippen LogP contribution in [0.1, 0.15) is 42.0 Å². The van der Waals surface area contributed by atoms with Crippen LogP contribution in [-0.2, 0) is 42.6 Å². The number of nitrogens with zero attached hydrogens (tertiary/aromatic N) is 4. The smallest absolute Gasteiger partial charge is 0.272 e. The average Bonchev–Trinajstić information content (AvgIpc) is 3.89. The molecule has 13 N–H and O–H groups in total. The zero-order valence-electron chi connectivity index (χ0n) is 30.1. The predicted octanol–water partition coefficient (Wildman–Crippen LogP) is -2.06. The maximum Gasteiger partial charge on any atom is 0.272 e. The van der Waals surface area contributed by atoms with E-state index in [4.69, 9.17) is 17.2 Å². The van der Waals surface area contributed by atoms with Crippen molar-refractivity contribution in [2.24, 2.45) is 45.4 Å². The monoisotopic (exact) mass is 748 g/mol. The van der Waals surface area contributed by atoms with Crippen molar-refractivity contribution < 1.29 is 33.6 Å². The molecule has 4 aromatic heterocycles. The van der Waals surface area contributed by atoms with E-state index in [0.29, 0.717) is 22.7 Å². The van der Waals surface area contributed by atoms with Crippen molar-refractivity contribution in [1.82, 2.24) is 34.2 Å². The molecule has 0 saturated carbocycles. The molecule has 4 heterocycles. The minimum atomic E-state index is -0.773. The van der Waals surface area contributed by atoms with Crippen molar-refractivity contribution in [2.75, 3.05) is 54.0 Å². The Balaban J connectivity index is 1.35. The van der Waals surface area contributed by atoms with E-state index >= 15 is 0 Å². The number of hydrogen-bond acceptors (Lipinski definition) is 10. The number of nitrogens with two attached hydrogens (primary N) is 3. The number of amides is 7. The van der Waals surface area contributed by atoms with Crippen molar-refractivity contribution in [1.29, 1.82) is 0 Å². The highest BCUT2D eigenvalue weighted by Crippen LogP contribution is 2.19. The van der Waals surface area contributed by atoms with E-state index in [1.165, 1.54) is 54.9 Å². The summed E-state index contributed by atoms with van der Waals surface area (Å²) in [6, 6.07) is 5.12. The van der Waals surface area contributed by atoms with E-state index in [-0.39, 0.29) is 55.5 Å². The molecule has 0 unspecified atom stereocenters. The summed E-state index contributed by atoms with van der Waals surface area (Å²) < 4.78 is 6.05. The summed E-state index contributed by atoms with van der Waals surface area (Å²) in [5.74, 6) is -3.39. The molecule has 0 atom stereocenters. The van der Waals surface area contributed by atoms with Gasteiger partial charge in [-0.3, -0.25) is 33.6 Å². The fraction of sp³-hybridized carbons (Fsp3) is 0.303. The molecule has 21 heteroatoms.